The molecule has 4 nitrogen and oxygen atoms in total. The highest BCUT2D eigenvalue weighted by Crippen LogP contribution is 2.30. The number of hydrogen-bond donors (Lipinski definition) is 1. The highest BCUT2D eigenvalue weighted by atomic mass is 35.5. The van der Waals surface area contributed by atoms with Gasteiger partial charge in [0.2, 0.25) is 0 Å². The highest BCUT2D eigenvalue weighted by molar-refractivity contribution is 6.30. The maximum Gasteiger partial charge on any atom is 0.260 e. The van der Waals surface area contributed by atoms with Gasteiger partial charge in [0, 0.05) is 19.2 Å². The van der Waals surface area contributed by atoms with E-state index >= 15 is 0 Å². The minimum absolute atomic E-state index is 0.0364. The summed E-state index contributed by atoms with van der Waals surface area (Å²) < 4.78 is 18.5. The number of benzene rings is 2. The third-order valence-corrected chi connectivity index (χ3v) is 5.02. The van der Waals surface area contributed by atoms with Gasteiger partial charge in [-0.3, -0.25) is 4.79 Å². The van der Waals surface area contributed by atoms with Crippen molar-refractivity contribution in [1.29, 1.82) is 0 Å². The lowest BCUT2D eigenvalue weighted by molar-refractivity contribution is -0.135. The minimum Gasteiger partial charge on any atom is -0.484 e. The van der Waals surface area contributed by atoms with Crippen molar-refractivity contribution in [2.75, 3.05) is 19.7 Å². The van der Waals surface area contributed by atoms with Crippen molar-refractivity contribution in [3.8, 4) is 5.75 Å². The Labute approximate surface area is 157 Å². The largest absolute Gasteiger partial charge is 0.484 e. The molecule has 1 aliphatic rings. The van der Waals surface area contributed by atoms with Crippen molar-refractivity contribution < 1.29 is 19.0 Å². The van der Waals surface area contributed by atoms with Gasteiger partial charge in [0.1, 0.15) is 11.6 Å². The fraction of sp³-hybridized carbons (Fsp3) is 0.350. The Balaban J connectivity index is 1.48. The Morgan fingerprint density at radius 1 is 1.23 bits per heavy atom. The minimum atomic E-state index is -0.524. The average Bonchev–Trinajstić information content (AvgIpc) is 2.69. The van der Waals surface area contributed by atoms with Gasteiger partial charge in [0.25, 0.3) is 5.91 Å². The Kier molecular flexibility index (Phi) is 6.12. The number of rotatable bonds is 5. The van der Waals surface area contributed by atoms with Gasteiger partial charge in [-0.05, 0) is 36.5 Å². The number of aliphatic hydroxyl groups excluding tert-OH is 1. The summed E-state index contributed by atoms with van der Waals surface area (Å²) in [5.41, 5.74) is 0.911. The van der Waals surface area contributed by atoms with Gasteiger partial charge in [-0.2, -0.15) is 0 Å². The van der Waals surface area contributed by atoms with E-state index in [2.05, 4.69) is 0 Å². The van der Waals surface area contributed by atoms with E-state index in [-0.39, 0.29) is 23.5 Å². The average molecular weight is 378 g/mol. The van der Waals surface area contributed by atoms with E-state index in [0.717, 1.165) is 18.4 Å². The molecule has 1 fully saturated rings. The standard InChI is InChI=1S/C20H21ClFNO3/c21-17-12-16(6-7-18(17)22)26-13-19(24)23-10-8-15(9-11-23)20(25)14-4-2-1-3-5-14/h1-7,12,15,20,25H,8-11,13H2. The molecule has 2 aromatic rings. The van der Waals surface area contributed by atoms with E-state index in [4.69, 9.17) is 16.3 Å². The quantitative estimate of drug-likeness (QED) is 0.861. The number of carbonyl (C=O) groups excluding carboxylic acids is 1. The van der Waals surface area contributed by atoms with Gasteiger partial charge in [-0.1, -0.05) is 41.9 Å². The van der Waals surface area contributed by atoms with Crippen LogP contribution in [0.5, 0.6) is 5.75 Å². The van der Waals surface area contributed by atoms with E-state index in [1.165, 1.54) is 18.2 Å². The van der Waals surface area contributed by atoms with Crippen LogP contribution >= 0.6 is 11.6 Å². The molecular weight excluding hydrogens is 357 g/mol. The lowest BCUT2D eigenvalue weighted by atomic mass is 9.87. The summed E-state index contributed by atoms with van der Waals surface area (Å²) >= 11 is 5.70. The molecule has 1 N–H and O–H groups in total. The molecule has 1 amide bonds. The first-order chi connectivity index (χ1) is 12.5. The SMILES string of the molecule is O=C(COc1ccc(F)c(Cl)c1)N1CCC(C(O)c2ccccc2)CC1. The van der Waals surface area contributed by atoms with E-state index in [0.29, 0.717) is 18.8 Å². The molecule has 0 saturated carbocycles. The summed E-state index contributed by atoms with van der Waals surface area (Å²) in [6.07, 6.45) is 0.972. The Morgan fingerprint density at radius 2 is 1.92 bits per heavy atom. The number of amides is 1. The normalized spacial score (nSPS) is 16.3. The maximum absolute atomic E-state index is 13.1. The van der Waals surface area contributed by atoms with Crippen LogP contribution in [-0.4, -0.2) is 35.6 Å². The number of nitrogens with zero attached hydrogens (tertiary/aromatic N) is 1. The monoisotopic (exact) mass is 377 g/mol. The van der Waals surface area contributed by atoms with E-state index in [1.807, 2.05) is 30.3 Å². The van der Waals surface area contributed by atoms with Crippen LogP contribution in [0.1, 0.15) is 24.5 Å². The van der Waals surface area contributed by atoms with Crippen molar-refractivity contribution in [3.63, 3.8) is 0 Å². The molecule has 1 saturated heterocycles. The molecule has 0 aliphatic carbocycles. The summed E-state index contributed by atoms with van der Waals surface area (Å²) in [5.74, 6) is -0.153. The second-order valence-electron chi connectivity index (χ2n) is 6.44. The Morgan fingerprint density at radius 3 is 2.58 bits per heavy atom. The van der Waals surface area contributed by atoms with Crippen LogP contribution in [0.15, 0.2) is 48.5 Å². The van der Waals surface area contributed by atoms with Crippen LogP contribution in [-0.2, 0) is 4.79 Å². The summed E-state index contributed by atoms with van der Waals surface area (Å²) in [4.78, 5) is 14.0. The smallest absolute Gasteiger partial charge is 0.260 e. The van der Waals surface area contributed by atoms with Crippen molar-refractivity contribution in [2.24, 2.45) is 5.92 Å². The van der Waals surface area contributed by atoms with Crippen LogP contribution in [0.3, 0.4) is 0 Å². The van der Waals surface area contributed by atoms with Gasteiger partial charge in [-0.15, -0.1) is 0 Å². The van der Waals surface area contributed by atoms with Crippen LogP contribution < -0.4 is 4.74 Å². The fourth-order valence-corrected chi connectivity index (χ4v) is 3.36. The zero-order valence-corrected chi connectivity index (χ0v) is 15.0. The molecule has 0 bridgehead atoms. The van der Waals surface area contributed by atoms with Crippen molar-refractivity contribution in [3.05, 3.63) is 64.9 Å². The van der Waals surface area contributed by atoms with Gasteiger partial charge >= 0.3 is 0 Å². The van der Waals surface area contributed by atoms with Crippen molar-refractivity contribution in [2.45, 2.75) is 18.9 Å². The molecule has 0 aromatic heterocycles. The number of carbonyl (C=O) groups is 1. The van der Waals surface area contributed by atoms with Crippen LogP contribution in [0.25, 0.3) is 0 Å². The third kappa shape index (κ3) is 4.54. The molecule has 1 aliphatic heterocycles. The number of aliphatic hydroxyl groups is 1. The van der Waals surface area contributed by atoms with Gasteiger partial charge in [0.15, 0.2) is 6.61 Å². The topological polar surface area (TPSA) is 49.8 Å². The van der Waals surface area contributed by atoms with E-state index in [1.54, 1.807) is 4.90 Å². The lowest BCUT2D eigenvalue weighted by Crippen LogP contribution is -2.42. The molecule has 3 rings (SSSR count). The number of hydrogen-bond acceptors (Lipinski definition) is 3. The van der Waals surface area contributed by atoms with Crippen LogP contribution in [0, 0.1) is 11.7 Å². The van der Waals surface area contributed by atoms with Gasteiger partial charge in [-0.25, -0.2) is 4.39 Å². The number of ether oxygens (including phenoxy) is 1. The summed E-state index contributed by atoms with van der Waals surface area (Å²) in [5, 5.41) is 10.5. The number of likely N-dealkylation sites (tertiary alicyclic amines) is 1. The number of piperidine rings is 1. The second-order valence-corrected chi connectivity index (χ2v) is 6.85. The second kappa shape index (κ2) is 8.52. The summed E-state index contributed by atoms with van der Waals surface area (Å²) in [6, 6.07) is 13.6. The predicted octanol–water partition coefficient (Wildman–Crippen LogP) is 3.83. The first-order valence-electron chi connectivity index (χ1n) is 8.63. The fourth-order valence-electron chi connectivity index (χ4n) is 3.19. The molecule has 1 heterocycles. The molecule has 0 radical (unpaired) electrons. The first kappa shape index (κ1) is 18.7. The molecule has 0 spiro atoms. The molecular formula is C20H21ClFNO3. The zero-order chi connectivity index (χ0) is 18.5. The maximum atomic E-state index is 13.1. The lowest BCUT2D eigenvalue weighted by Gasteiger charge is -2.34. The number of halogens is 2. The van der Waals surface area contributed by atoms with Crippen molar-refractivity contribution >= 4 is 17.5 Å². The Bertz CT molecular complexity index is 748. The summed E-state index contributed by atoms with van der Waals surface area (Å²) in [6.45, 7) is 1.05. The first-order valence-corrected chi connectivity index (χ1v) is 9.01. The highest BCUT2D eigenvalue weighted by Gasteiger charge is 2.28. The van der Waals surface area contributed by atoms with E-state index in [9.17, 15) is 14.3 Å². The molecule has 138 valence electrons. The molecule has 26 heavy (non-hydrogen) atoms. The molecule has 2 aromatic carbocycles. The van der Waals surface area contributed by atoms with Gasteiger partial charge < -0.3 is 14.7 Å². The zero-order valence-electron chi connectivity index (χ0n) is 14.3. The summed E-state index contributed by atoms with van der Waals surface area (Å²) in [7, 11) is 0. The van der Waals surface area contributed by atoms with Crippen molar-refractivity contribution in [1.82, 2.24) is 4.90 Å². The molecule has 1 atom stereocenters. The Hall–Kier alpha value is -2.11. The molecule has 1 unspecified atom stereocenters. The van der Waals surface area contributed by atoms with Gasteiger partial charge in [0.05, 0.1) is 11.1 Å². The van der Waals surface area contributed by atoms with Crippen LogP contribution in [0.4, 0.5) is 4.39 Å². The predicted molar refractivity (Wildman–Crippen MR) is 97.6 cm³/mol. The molecule has 6 heteroatoms. The van der Waals surface area contributed by atoms with E-state index < -0.39 is 11.9 Å². The van der Waals surface area contributed by atoms with Crippen LogP contribution in [0.2, 0.25) is 5.02 Å². The third-order valence-electron chi connectivity index (χ3n) is 4.73.